The molecule has 7 heteroatoms. The third-order valence-corrected chi connectivity index (χ3v) is 5.31. The van der Waals surface area contributed by atoms with Crippen molar-refractivity contribution < 1.29 is 13.9 Å². The highest BCUT2D eigenvalue weighted by molar-refractivity contribution is 8.00. The number of carbonyl (C=O) groups excluding carboxylic acids is 1. The normalized spacial score (nSPS) is 14.6. The van der Waals surface area contributed by atoms with Gasteiger partial charge in [0.05, 0.1) is 7.11 Å². The number of aromatic nitrogens is 2. The highest BCUT2D eigenvalue weighted by Crippen LogP contribution is 2.36. The van der Waals surface area contributed by atoms with Gasteiger partial charge in [0, 0.05) is 11.6 Å². The molecule has 1 N–H and O–H groups in total. The molecule has 1 aliphatic rings. The second-order valence-electron chi connectivity index (χ2n) is 6.29. The second kappa shape index (κ2) is 7.84. The van der Waals surface area contributed by atoms with Gasteiger partial charge in [-0.2, -0.15) is 0 Å². The highest BCUT2D eigenvalue weighted by Gasteiger charge is 2.30. The van der Waals surface area contributed by atoms with E-state index < -0.39 is 5.25 Å². The van der Waals surface area contributed by atoms with E-state index >= 15 is 0 Å². The molecular weight excluding hydrogens is 362 g/mol. The van der Waals surface area contributed by atoms with E-state index in [1.54, 1.807) is 7.11 Å². The van der Waals surface area contributed by atoms with Gasteiger partial charge in [-0.25, -0.2) is 0 Å². The Kier molecular flexibility index (Phi) is 5.11. The quantitative estimate of drug-likeness (QED) is 0.626. The van der Waals surface area contributed by atoms with Crippen LogP contribution in [-0.2, 0) is 4.79 Å². The van der Waals surface area contributed by atoms with Crippen LogP contribution in [0.25, 0.3) is 11.5 Å². The van der Waals surface area contributed by atoms with E-state index in [9.17, 15) is 4.79 Å². The monoisotopic (exact) mass is 381 g/mol. The molecule has 4 rings (SSSR count). The van der Waals surface area contributed by atoms with E-state index in [1.807, 2.05) is 54.6 Å². The molecule has 0 bridgehead atoms. The molecule has 0 aliphatic heterocycles. The molecule has 1 aromatic heterocycles. The predicted molar refractivity (Wildman–Crippen MR) is 102 cm³/mol. The Morgan fingerprint density at radius 1 is 1.15 bits per heavy atom. The number of nitrogens with zero attached hydrogens (tertiary/aromatic N) is 2. The molecule has 1 fully saturated rings. The van der Waals surface area contributed by atoms with Gasteiger partial charge in [-0.05, 0) is 54.4 Å². The molecule has 3 aromatic rings. The van der Waals surface area contributed by atoms with Gasteiger partial charge in [-0.1, -0.05) is 30.3 Å². The van der Waals surface area contributed by atoms with Crippen molar-refractivity contribution in [1.82, 2.24) is 15.5 Å². The molecule has 27 heavy (non-hydrogen) atoms. The van der Waals surface area contributed by atoms with Crippen LogP contribution in [0.1, 0.15) is 23.7 Å². The van der Waals surface area contributed by atoms with Crippen molar-refractivity contribution in [2.24, 2.45) is 0 Å². The van der Waals surface area contributed by atoms with E-state index in [1.165, 1.54) is 11.8 Å². The number of amides is 1. The summed E-state index contributed by atoms with van der Waals surface area (Å²) in [5.74, 6) is 1.14. The van der Waals surface area contributed by atoms with E-state index in [0.29, 0.717) is 17.2 Å². The SMILES string of the molecule is COc1ccc(-c2nnc(S[C@@H](C(=O)NC3CC3)c3ccccc3)o2)cc1. The van der Waals surface area contributed by atoms with Crippen LogP contribution < -0.4 is 10.1 Å². The van der Waals surface area contributed by atoms with E-state index in [-0.39, 0.29) is 5.91 Å². The number of thioether (sulfide) groups is 1. The third kappa shape index (κ3) is 4.31. The third-order valence-electron chi connectivity index (χ3n) is 4.23. The first-order valence-electron chi connectivity index (χ1n) is 8.73. The van der Waals surface area contributed by atoms with Crippen molar-refractivity contribution in [2.45, 2.75) is 29.4 Å². The molecule has 138 valence electrons. The fourth-order valence-electron chi connectivity index (χ4n) is 2.61. The minimum Gasteiger partial charge on any atom is -0.497 e. The van der Waals surface area contributed by atoms with Gasteiger partial charge in [-0.15, -0.1) is 10.2 Å². The van der Waals surface area contributed by atoms with Gasteiger partial charge >= 0.3 is 0 Å². The first kappa shape index (κ1) is 17.6. The lowest BCUT2D eigenvalue weighted by molar-refractivity contribution is -0.120. The van der Waals surface area contributed by atoms with Crippen molar-refractivity contribution in [2.75, 3.05) is 7.11 Å². The van der Waals surface area contributed by atoms with Crippen molar-refractivity contribution in [3.63, 3.8) is 0 Å². The molecular formula is C20H19N3O3S. The fourth-order valence-corrected chi connectivity index (χ4v) is 3.50. The molecule has 2 aromatic carbocycles. The van der Waals surface area contributed by atoms with Gasteiger partial charge in [0.15, 0.2) is 0 Å². The van der Waals surface area contributed by atoms with Crippen molar-refractivity contribution in [1.29, 1.82) is 0 Å². The topological polar surface area (TPSA) is 77.2 Å². The van der Waals surface area contributed by atoms with E-state index in [4.69, 9.17) is 9.15 Å². The number of rotatable bonds is 7. The molecule has 0 spiro atoms. The average molecular weight is 381 g/mol. The Morgan fingerprint density at radius 2 is 1.89 bits per heavy atom. The van der Waals surface area contributed by atoms with Crippen LogP contribution in [0.5, 0.6) is 5.75 Å². The number of nitrogens with one attached hydrogen (secondary N) is 1. The summed E-state index contributed by atoms with van der Waals surface area (Å²) >= 11 is 1.27. The predicted octanol–water partition coefficient (Wildman–Crippen LogP) is 3.86. The molecule has 1 atom stereocenters. The first-order valence-corrected chi connectivity index (χ1v) is 9.61. The largest absolute Gasteiger partial charge is 0.497 e. The zero-order valence-corrected chi connectivity index (χ0v) is 15.6. The maximum Gasteiger partial charge on any atom is 0.277 e. The molecule has 0 saturated heterocycles. The van der Waals surface area contributed by atoms with E-state index in [2.05, 4.69) is 15.5 Å². The lowest BCUT2D eigenvalue weighted by Gasteiger charge is -2.14. The van der Waals surface area contributed by atoms with Gasteiger partial charge in [-0.3, -0.25) is 4.79 Å². The second-order valence-corrected chi connectivity index (χ2v) is 7.35. The van der Waals surface area contributed by atoms with Crippen LogP contribution in [0.4, 0.5) is 0 Å². The summed E-state index contributed by atoms with van der Waals surface area (Å²) in [6.07, 6.45) is 2.08. The lowest BCUT2D eigenvalue weighted by Crippen LogP contribution is -2.29. The number of benzene rings is 2. The number of hydrogen-bond donors (Lipinski definition) is 1. The van der Waals surface area contributed by atoms with Crippen LogP contribution in [0.3, 0.4) is 0 Å². The number of hydrogen-bond acceptors (Lipinski definition) is 6. The summed E-state index contributed by atoms with van der Waals surface area (Å²) in [6.45, 7) is 0. The van der Waals surface area contributed by atoms with Crippen LogP contribution in [0.2, 0.25) is 0 Å². The Labute approximate surface area is 161 Å². The summed E-state index contributed by atoms with van der Waals surface area (Å²) in [5.41, 5.74) is 1.71. The highest BCUT2D eigenvalue weighted by atomic mass is 32.2. The average Bonchev–Trinajstić information content (AvgIpc) is 3.40. The maximum atomic E-state index is 12.7. The summed E-state index contributed by atoms with van der Waals surface area (Å²) in [6, 6.07) is 17.3. The molecule has 6 nitrogen and oxygen atoms in total. The Bertz CT molecular complexity index is 908. The first-order chi connectivity index (χ1) is 13.2. The lowest BCUT2D eigenvalue weighted by atomic mass is 10.1. The van der Waals surface area contributed by atoms with Gasteiger partial charge in [0.2, 0.25) is 11.8 Å². The minimum atomic E-state index is -0.434. The standard InChI is InChI=1S/C20H19N3O3S/c1-25-16-11-7-14(8-12-16)19-22-23-20(26-19)27-17(13-5-3-2-4-6-13)18(24)21-15-9-10-15/h2-8,11-12,15,17H,9-10H2,1H3,(H,21,24)/t17-/m1/s1. The van der Waals surface area contributed by atoms with Crippen molar-refractivity contribution in [3.8, 4) is 17.2 Å². The van der Waals surface area contributed by atoms with Crippen molar-refractivity contribution >= 4 is 17.7 Å². The fraction of sp³-hybridized carbons (Fsp3) is 0.250. The zero-order chi connectivity index (χ0) is 18.6. The maximum absolute atomic E-state index is 12.7. The summed E-state index contributed by atoms with van der Waals surface area (Å²) < 4.78 is 10.9. The van der Waals surface area contributed by atoms with Crippen LogP contribution in [0.15, 0.2) is 64.2 Å². The number of ether oxygens (including phenoxy) is 1. The number of carbonyl (C=O) groups is 1. The Morgan fingerprint density at radius 3 is 2.56 bits per heavy atom. The van der Waals surface area contributed by atoms with E-state index in [0.717, 1.165) is 29.7 Å². The van der Waals surface area contributed by atoms with Gasteiger partial charge in [0.25, 0.3) is 5.22 Å². The van der Waals surface area contributed by atoms with Crippen LogP contribution >= 0.6 is 11.8 Å². The molecule has 1 heterocycles. The smallest absolute Gasteiger partial charge is 0.277 e. The molecule has 1 amide bonds. The van der Waals surface area contributed by atoms with Gasteiger partial charge in [0.1, 0.15) is 11.0 Å². The Balaban J connectivity index is 1.54. The summed E-state index contributed by atoms with van der Waals surface area (Å²) in [7, 11) is 1.62. The Hall–Kier alpha value is -2.80. The summed E-state index contributed by atoms with van der Waals surface area (Å²) in [4.78, 5) is 12.7. The van der Waals surface area contributed by atoms with Crippen LogP contribution in [-0.4, -0.2) is 29.3 Å². The van der Waals surface area contributed by atoms with Crippen molar-refractivity contribution in [3.05, 3.63) is 60.2 Å². The zero-order valence-electron chi connectivity index (χ0n) is 14.8. The summed E-state index contributed by atoms with van der Waals surface area (Å²) in [5, 5.41) is 11.2. The molecule has 1 aliphatic carbocycles. The van der Waals surface area contributed by atoms with Gasteiger partial charge < -0.3 is 14.5 Å². The molecule has 0 radical (unpaired) electrons. The minimum absolute atomic E-state index is 0.0297. The van der Waals surface area contributed by atoms with Crippen LogP contribution in [0, 0.1) is 0 Å². The number of methoxy groups -OCH3 is 1. The molecule has 1 saturated carbocycles. The molecule has 0 unspecified atom stereocenters.